The summed E-state index contributed by atoms with van der Waals surface area (Å²) >= 11 is 0. The standard InChI is InChI=1S/C21H23FN2O4/c1-15(23-20(27)28-14-16-9-5-3-6-10-16)19(26)24-21(2,18(25)13-22)17-11-7-4-8-12-17/h3-12,15H,13-14H2,1-2H3,(H,23,27)(H,24,26)/t15-,21?/m0/s1. The van der Waals surface area contributed by atoms with Gasteiger partial charge in [0.25, 0.3) is 0 Å². The quantitative estimate of drug-likeness (QED) is 0.731. The van der Waals surface area contributed by atoms with Crippen LogP contribution >= 0.6 is 0 Å². The molecule has 2 rings (SSSR count). The van der Waals surface area contributed by atoms with Crippen molar-refractivity contribution in [2.45, 2.75) is 32.0 Å². The number of Topliss-reactive ketones (excluding diaryl/α,β-unsaturated/α-hetero) is 1. The Bertz CT molecular complexity index is 814. The maximum absolute atomic E-state index is 13.1. The third-order valence-electron chi connectivity index (χ3n) is 4.34. The Hall–Kier alpha value is -3.22. The predicted molar refractivity (Wildman–Crippen MR) is 102 cm³/mol. The van der Waals surface area contributed by atoms with E-state index in [1.807, 2.05) is 18.2 Å². The third kappa shape index (κ3) is 5.39. The van der Waals surface area contributed by atoms with Crippen molar-refractivity contribution in [3.63, 3.8) is 0 Å². The van der Waals surface area contributed by atoms with Gasteiger partial charge in [-0.15, -0.1) is 0 Å². The fourth-order valence-electron chi connectivity index (χ4n) is 2.57. The van der Waals surface area contributed by atoms with Crippen molar-refractivity contribution < 1.29 is 23.5 Å². The highest BCUT2D eigenvalue weighted by Gasteiger charge is 2.37. The highest BCUT2D eigenvalue weighted by Crippen LogP contribution is 2.22. The zero-order valence-electron chi connectivity index (χ0n) is 15.8. The van der Waals surface area contributed by atoms with Crippen LogP contribution < -0.4 is 10.6 Å². The van der Waals surface area contributed by atoms with Crippen LogP contribution in [0.15, 0.2) is 60.7 Å². The van der Waals surface area contributed by atoms with Crippen molar-refractivity contribution in [2.24, 2.45) is 0 Å². The summed E-state index contributed by atoms with van der Waals surface area (Å²) < 4.78 is 18.2. The summed E-state index contributed by atoms with van der Waals surface area (Å²) in [7, 11) is 0. The highest BCUT2D eigenvalue weighted by molar-refractivity contribution is 5.96. The number of carbonyl (C=O) groups is 3. The lowest BCUT2D eigenvalue weighted by molar-refractivity contribution is -0.133. The fourth-order valence-corrected chi connectivity index (χ4v) is 2.57. The Morgan fingerprint density at radius 2 is 1.61 bits per heavy atom. The minimum absolute atomic E-state index is 0.0586. The number of ether oxygens (including phenoxy) is 1. The zero-order valence-corrected chi connectivity index (χ0v) is 15.8. The zero-order chi connectivity index (χ0) is 20.6. The summed E-state index contributed by atoms with van der Waals surface area (Å²) in [6, 6.07) is 16.5. The summed E-state index contributed by atoms with van der Waals surface area (Å²) in [5.74, 6) is -1.42. The molecule has 2 atom stereocenters. The number of halogens is 1. The smallest absolute Gasteiger partial charge is 0.408 e. The van der Waals surface area contributed by atoms with E-state index in [1.54, 1.807) is 42.5 Å². The number of rotatable bonds is 8. The average molecular weight is 386 g/mol. The van der Waals surface area contributed by atoms with Crippen molar-refractivity contribution >= 4 is 17.8 Å². The first-order chi connectivity index (χ1) is 13.4. The minimum Gasteiger partial charge on any atom is -0.445 e. The number of nitrogens with one attached hydrogen (secondary N) is 2. The van der Waals surface area contributed by atoms with Gasteiger partial charge in [0.05, 0.1) is 0 Å². The number of benzene rings is 2. The molecule has 0 aliphatic heterocycles. The Balaban J connectivity index is 1.98. The summed E-state index contributed by atoms with van der Waals surface area (Å²) in [4.78, 5) is 36.6. The third-order valence-corrected chi connectivity index (χ3v) is 4.34. The van der Waals surface area contributed by atoms with E-state index in [2.05, 4.69) is 10.6 Å². The molecule has 2 aromatic rings. The van der Waals surface area contributed by atoms with E-state index in [1.165, 1.54) is 13.8 Å². The second-order valence-corrected chi connectivity index (χ2v) is 6.46. The predicted octanol–water partition coefficient (Wildman–Crippen LogP) is 2.87. The number of ketones is 1. The van der Waals surface area contributed by atoms with E-state index in [9.17, 15) is 18.8 Å². The average Bonchev–Trinajstić information content (AvgIpc) is 2.72. The molecule has 2 amide bonds. The number of hydrogen-bond donors (Lipinski definition) is 2. The molecule has 2 aromatic carbocycles. The van der Waals surface area contributed by atoms with Gasteiger partial charge >= 0.3 is 6.09 Å². The molecule has 148 valence electrons. The van der Waals surface area contributed by atoms with Gasteiger partial charge in [0, 0.05) is 0 Å². The van der Waals surface area contributed by atoms with Gasteiger partial charge in [0.15, 0.2) is 12.5 Å². The van der Waals surface area contributed by atoms with Crippen molar-refractivity contribution in [3.8, 4) is 0 Å². The first kappa shape index (κ1) is 21.1. The van der Waals surface area contributed by atoms with E-state index in [-0.39, 0.29) is 6.61 Å². The van der Waals surface area contributed by atoms with Gasteiger partial charge in [-0.05, 0) is 25.0 Å². The van der Waals surface area contributed by atoms with E-state index in [0.717, 1.165) is 5.56 Å². The van der Waals surface area contributed by atoms with Crippen LogP contribution in [0.25, 0.3) is 0 Å². The normalized spacial score (nSPS) is 13.7. The maximum atomic E-state index is 13.1. The lowest BCUT2D eigenvalue weighted by atomic mass is 9.87. The molecular formula is C21H23FN2O4. The monoisotopic (exact) mass is 386 g/mol. The van der Waals surface area contributed by atoms with Gasteiger partial charge in [0.2, 0.25) is 5.91 Å². The molecule has 0 aliphatic rings. The van der Waals surface area contributed by atoms with Crippen molar-refractivity contribution in [1.82, 2.24) is 10.6 Å². The molecule has 1 unspecified atom stereocenters. The molecule has 6 nitrogen and oxygen atoms in total. The van der Waals surface area contributed by atoms with Gasteiger partial charge in [0.1, 0.15) is 18.2 Å². The first-order valence-corrected chi connectivity index (χ1v) is 8.81. The van der Waals surface area contributed by atoms with E-state index in [0.29, 0.717) is 5.56 Å². The van der Waals surface area contributed by atoms with E-state index < -0.39 is 36.0 Å². The molecule has 0 heterocycles. The molecule has 0 bridgehead atoms. The molecule has 0 aliphatic carbocycles. The Morgan fingerprint density at radius 1 is 1.04 bits per heavy atom. The molecule has 7 heteroatoms. The summed E-state index contributed by atoms with van der Waals surface area (Å²) in [6.07, 6.45) is -0.773. The summed E-state index contributed by atoms with van der Waals surface area (Å²) in [5, 5.41) is 4.94. The van der Waals surface area contributed by atoms with Crippen LogP contribution in [0.2, 0.25) is 0 Å². The minimum atomic E-state index is -1.54. The second-order valence-electron chi connectivity index (χ2n) is 6.46. The topological polar surface area (TPSA) is 84.5 Å². The number of carbonyl (C=O) groups excluding carboxylic acids is 3. The second kappa shape index (κ2) is 9.64. The van der Waals surface area contributed by atoms with Gasteiger partial charge in [-0.25, -0.2) is 9.18 Å². The molecule has 0 aromatic heterocycles. The van der Waals surface area contributed by atoms with Crippen LogP contribution in [0.4, 0.5) is 9.18 Å². The molecule has 0 fully saturated rings. The number of alkyl halides is 1. The molecule has 0 spiro atoms. The van der Waals surface area contributed by atoms with Gasteiger partial charge in [-0.2, -0.15) is 0 Å². The Kier molecular flexibility index (Phi) is 7.26. The summed E-state index contributed by atoms with van der Waals surface area (Å²) in [6.45, 7) is 1.71. The fraction of sp³-hybridized carbons (Fsp3) is 0.286. The van der Waals surface area contributed by atoms with Crippen molar-refractivity contribution in [3.05, 3.63) is 71.8 Å². The molecule has 0 saturated carbocycles. The highest BCUT2D eigenvalue weighted by atomic mass is 19.1. The van der Waals surface area contributed by atoms with Gasteiger partial charge in [-0.1, -0.05) is 60.7 Å². The number of amides is 2. The molecule has 28 heavy (non-hydrogen) atoms. The van der Waals surface area contributed by atoms with Crippen molar-refractivity contribution in [2.75, 3.05) is 6.67 Å². The van der Waals surface area contributed by atoms with E-state index in [4.69, 9.17) is 4.74 Å². The SMILES string of the molecule is C[C@H](NC(=O)OCc1ccccc1)C(=O)NC(C)(C(=O)CF)c1ccccc1. The van der Waals surface area contributed by atoms with Crippen molar-refractivity contribution in [1.29, 1.82) is 0 Å². The molecular weight excluding hydrogens is 363 g/mol. The van der Waals surface area contributed by atoms with Gasteiger partial charge in [-0.3, -0.25) is 9.59 Å². The molecule has 0 saturated heterocycles. The van der Waals surface area contributed by atoms with Crippen LogP contribution in [0, 0.1) is 0 Å². The number of hydrogen-bond acceptors (Lipinski definition) is 4. The lowest BCUT2D eigenvalue weighted by Crippen LogP contribution is -2.55. The van der Waals surface area contributed by atoms with Crippen LogP contribution in [-0.2, 0) is 26.5 Å². The largest absolute Gasteiger partial charge is 0.445 e. The van der Waals surface area contributed by atoms with E-state index >= 15 is 0 Å². The Labute approximate surface area is 163 Å². The maximum Gasteiger partial charge on any atom is 0.408 e. The van der Waals surface area contributed by atoms with Crippen LogP contribution in [0.3, 0.4) is 0 Å². The Morgan fingerprint density at radius 3 is 2.18 bits per heavy atom. The van der Waals surface area contributed by atoms with Crippen LogP contribution in [-0.4, -0.2) is 30.5 Å². The summed E-state index contributed by atoms with van der Waals surface area (Å²) in [5.41, 5.74) is -0.290. The van der Waals surface area contributed by atoms with Gasteiger partial charge < -0.3 is 15.4 Å². The van der Waals surface area contributed by atoms with Crippen LogP contribution in [0.1, 0.15) is 25.0 Å². The number of alkyl carbamates (subject to hydrolysis) is 1. The molecule has 2 N–H and O–H groups in total. The first-order valence-electron chi connectivity index (χ1n) is 8.81. The lowest BCUT2D eigenvalue weighted by Gasteiger charge is -2.30. The molecule has 0 radical (unpaired) electrons. The van der Waals surface area contributed by atoms with Crippen LogP contribution in [0.5, 0.6) is 0 Å².